The quantitative estimate of drug-likeness (QED) is 0.473. The smallest absolute Gasteiger partial charge is 0.240 e. The van der Waals surface area contributed by atoms with E-state index in [9.17, 15) is 9.59 Å². The lowest BCUT2D eigenvalue weighted by Crippen LogP contribution is -2.40. The second kappa shape index (κ2) is 8.94. The number of methoxy groups -OCH3 is 3. The molecule has 0 saturated heterocycles. The maximum Gasteiger partial charge on any atom is 0.240 e. The first-order valence-corrected chi connectivity index (χ1v) is 8.92. The topological polar surface area (TPSA) is 89.1 Å². The molecule has 0 atom stereocenters. The molecule has 8 nitrogen and oxygen atoms in total. The summed E-state index contributed by atoms with van der Waals surface area (Å²) in [7, 11) is 8.49. The van der Waals surface area contributed by atoms with E-state index in [0.29, 0.717) is 42.3 Å². The molecule has 27 heavy (non-hydrogen) atoms. The van der Waals surface area contributed by atoms with Crippen molar-refractivity contribution < 1.29 is 23.8 Å². The molecule has 150 valence electrons. The van der Waals surface area contributed by atoms with Crippen molar-refractivity contribution in [2.75, 3.05) is 53.8 Å². The van der Waals surface area contributed by atoms with Gasteiger partial charge in [-0.05, 0) is 39.9 Å². The van der Waals surface area contributed by atoms with Crippen LogP contribution in [-0.2, 0) is 9.59 Å². The van der Waals surface area contributed by atoms with Crippen LogP contribution in [0.2, 0.25) is 0 Å². The van der Waals surface area contributed by atoms with E-state index < -0.39 is 5.41 Å². The van der Waals surface area contributed by atoms with E-state index in [2.05, 4.69) is 15.5 Å². The van der Waals surface area contributed by atoms with Crippen molar-refractivity contribution in [3.63, 3.8) is 0 Å². The largest absolute Gasteiger partial charge is 0.493 e. The van der Waals surface area contributed by atoms with E-state index in [1.165, 1.54) is 21.3 Å². The number of nitrogens with one attached hydrogen (secondary N) is 2. The molecule has 2 rings (SSSR count). The van der Waals surface area contributed by atoms with Crippen molar-refractivity contribution in [1.82, 2.24) is 10.2 Å². The number of anilines is 1. The summed E-state index contributed by atoms with van der Waals surface area (Å²) in [4.78, 5) is 27.3. The average Bonchev–Trinajstić information content (AvgIpc) is 3.46. The Labute approximate surface area is 160 Å². The van der Waals surface area contributed by atoms with Crippen LogP contribution in [0.15, 0.2) is 12.1 Å². The zero-order valence-electron chi connectivity index (χ0n) is 16.7. The van der Waals surface area contributed by atoms with Gasteiger partial charge in [0.15, 0.2) is 11.5 Å². The molecule has 2 N–H and O–H groups in total. The van der Waals surface area contributed by atoms with E-state index in [1.54, 1.807) is 12.1 Å². The predicted octanol–water partition coefficient (Wildman–Crippen LogP) is 1.50. The molecule has 1 aromatic carbocycles. The van der Waals surface area contributed by atoms with Gasteiger partial charge in [0.2, 0.25) is 17.6 Å². The first-order valence-electron chi connectivity index (χ1n) is 8.92. The molecule has 0 heterocycles. The third-order valence-corrected chi connectivity index (χ3v) is 4.61. The number of benzene rings is 1. The van der Waals surface area contributed by atoms with Crippen molar-refractivity contribution in [3.05, 3.63) is 12.1 Å². The number of hydrogen-bond donors (Lipinski definition) is 2. The maximum absolute atomic E-state index is 12.7. The van der Waals surface area contributed by atoms with Crippen LogP contribution in [0.3, 0.4) is 0 Å². The van der Waals surface area contributed by atoms with E-state index in [4.69, 9.17) is 14.2 Å². The van der Waals surface area contributed by atoms with Gasteiger partial charge < -0.3 is 29.7 Å². The minimum absolute atomic E-state index is 0.216. The lowest BCUT2D eigenvalue weighted by Gasteiger charge is -2.18. The summed E-state index contributed by atoms with van der Waals surface area (Å²) in [6, 6.07) is 3.29. The fourth-order valence-electron chi connectivity index (χ4n) is 2.85. The molecule has 0 radical (unpaired) electrons. The predicted molar refractivity (Wildman–Crippen MR) is 103 cm³/mol. The second-order valence-electron chi connectivity index (χ2n) is 6.86. The van der Waals surface area contributed by atoms with Crippen LogP contribution in [0.4, 0.5) is 5.69 Å². The van der Waals surface area contributed by atoms with Crippen molar-refractivity contribution in [2.45, 2.75) is 19.3 Å². The molecule has 1 saturated carbocycles. The third kappa shape index (κ3) is 4.82. The Morgan fingerprint density at radius 3 is 2.07 bits per heavy atom. The molecule has 8 heteroatoms. The van der Waals surface area contributed by atoms with Gasteiger partial charge in [-0.3, -0.25) is 9.59 Å². The van der Waals surface area contributed by atoms with Gasteiger partial charge in [0.05, 0.1) is 21.3 Å². The van der Waals surface area contributed by atoms with Gasteiger partial charge in [0.25, 0.3) is 0 Å². The average molecular weight is 379 g/mol. The fourth-order valence-corrected chi connectivity index (χ4v) is 2.85. The van der Waals surface area contributed by atoms with Gasteiger partial charge in [-0.25, -0.2) is 0 Å². The summed E-state index contributed by atoms with van der Waals surface area (Å²) in [5, 5.41) is 5.69. The van der Waals surface area contributed by atoms with Gasteiger partial charge in [-0.15, -0.1) is 0 Å². The molecule has 2 amide bonds. The normalized spacial score (nSPS) is 14.4. The highest BCUT2D eigenvalue weighted by Gasteiger charge is 2.56. The first-order chi connectivity index (χ1) is 12.9. The van der Waals surface area contributed by atoms with Crippen molar-refractivity contribution in [3.8, 4) is 17.2 Å². The number of nitrogens with zero attached hydrogens (tertiary/aromatic N) is 1. The molecule has 1 aromatic rings. The summed E-state index contributed by atoms with van der Waals surface area (Å²) < 4.78 is 15.9. The Morgan fingerprint density at radius 2 is 1.63 bits per heavy atom. The van der Waals surface area contributed by atoms with Gasteiger partial charge in [-0.2, -0.15) is 0 Å². The van der Waals surface area contributed by atoms with Crippen LogP contribution in [0.25, 0.3) is 0 Å². The van der Waals surface area contributed by atoms with Gasteiger partial charge >= 0.3 is 0 Å². The maximum atomic E-state index is 12.7. The van der Waals surface area contributed by atoms with Gasteiger partial charge in [-0.1, -0.05) is 0 Å². The summed E-state index contributed by atoms with van der Waals surface area (Å²) in [6.07, 6.45) is 1.93. The molecule has 0 aliphatic heterocycles. The van der Waals surface area contributed by atoms with Crippen molar-refractivity contribution in [2.24, 2.45) is 5.41 Å². The van der Waals surface area contributed by atoms with Gasteiger partial charge in [0.1, 0.15) is 5.41 Å². The molecule has 0 bridgehead atoms. The third-order valence-electron chi connectivity index (χ3n) is 4.61. The summed E-state index contributed by atoms with van der Waals surface area (Å²) in [5.74, 6) is 0.779. The fraction of sp³-hybridized carbons (Fsp3) is 0.579. The summed E-state index contributed by atoms with van der Waals surface area (Å²) >= 11 is 0. The number of hydrogen-bond acceptors (Lipinski definition) is 6. The lowest BCUT2D eigenvalue weighted by atomic mass is 10.0. The molecule has 1 aliphatic carbocycles. The molecule has 1 fully saturated rings. The highest BCUT2D eigenvalue weighted by Crippen LogP contribution is 2.47. The highest BCUT2D eigenvalue weighted by molar-refractivity contribution is 6.13. The summed E-state index contributed by atoms with van der Waals surface area (Å²) in [6.45, 7) is 1.43. The van der Waals surface area contributed by atoms with E-state index in [-0.39, 0.29) is 11.8 Å². The number of carbonyl (C=O) groups excluding carboxylic acids is 2. The first kappa shape index (κ1) is 20.8. The minimum Gasteiger partial charge on any atom is -0.493 e. The van der Waals surface area contributed by atoms with Crippen molar-refractivity contribution in [1.29, 1.82) is 0 Å². The minimum atomic E-state index is -0.988. The molecule has 0 spiro atoms. The standard InChI is InChI=1S/C19H29N3O5/c1-22(2)10-6-9-20-17(23)19(7-8-19)18(24)21-13-11-14(25-3)16(27-5)15(12-13)26-4/h11-12H,6-10H2,1-5H3,(H,20,23)(H,21,24). The zero-order valence-corrected chi connectivity index (χ0v) is 16.7. The molecule has 1 aliphatic rings. The van der Waals surface area contributed by atoms with E-state index in [1.807, 2.05) is 14.1 Å². The molecule has 0 aromatic heterocycles. The van der Waals surface area contributed by atoms with Crippen LogP contribution < -0.4 is 24.8 Å². The molecular formula is C19H29N3O5. The second-order valence-corrected chi connectivity index (χ2v) is 6.86. The Hall–Kier alpha value is -2.48. The molecule has 0 unspecified atom stereocenters. The lowest BCUT2D eigenvalue weighted by molar-refractivity contribution is -0.134. The van der Waals surface area contributed by atoms with Crippen LogP contribution >= 0.6 is 0 Å². The highest BCUT2D eigenvalue weighted by atomic mass is 16.5. The van der Waals surface area contributed by atoms with Crippen LogP contribution in [-0.4, -0.2) is 65.2 Å². The zero-order chi connectivity index (χ0) is 20.0. The number of ether oxygens (including phenoxy) is 3. The number of amides is 2. The van der Waals surface area contributed by atoms with Crippen molar-refractivity contribution >= 4 is 17.5 Å². The Kier molecular flexibility index (Phi) is 6.90. The number of rotatable bonds is 10. The van der Waals surface area contributed by atoms with Crippen LogP contribution in [0, 0.1) is 5.41 Å². The SMILES string of the molecule is COc1cc(NC(=O)C2(C(=O)NCCCN(C)C)CC2)cc(OC)c1OC. The Bertz CT molecular complexity index is 661. The van der Waals surface area contributed by atoms with Crippen LogP contribution in [0.1, 0.15) is 19.3 Å². The Balaban J connectivity index is 2.05. The number of carbonyl (C=O) groups is 2. The molecular weight excluding hydrogens is 350 g/mol. The summed E-state index contributed by atoms with van der Waals surface area (Å²) in [5.41, 5.74) is -0.500. The Morgan fingerprint density at radius 1 is 1.04 bits per heavy atom. The van der Waals surface area contributed by atoms with E-state index >= 15 is 0 Å². The van der Waals surface area contributed by atoms with Gasteiger partial charge in [0, 0.05) is 24.4 Å². The van der Waals surface area contributed by atoms with Crippen LogP contribution in [0.5, 0.6) is 17.2 Å². The monoisotopic (exact) mass is 379 g/mol. The van der Waals surface area contributed by atoms with E-state index in [0.717, 1.165) is 13.0 Å².